The number of oxazole rings is 1. The van der Waals surface area contributed by atoms with Crippen LogP contribution < -0.4 is 4.74 Å². The molecule has 1 aliphatic heterocycles. The molecule has 1 amide bonds. The Morgan fingerprint density at radius 1 is 0.939 bits per heavy atom. The molecule has 0 spiro atoms. The third kappa shape index (κ3) is 5.06. The number of carbonyl (C=O) groups excluding carboxylic acids is 2. The van der Waals surface area contributed by atoms with Crippen LogP contribution >= 0.6 is 0 Å². The maximum Gasteiger partial charge on any atom is 0.337 e. The number of amides is 1. The van der Waals surface area contributed by atoms with Crippen molar-refractivity contribution in [2.75, 3.05) is 40.4 Å². The van der Waals surface area contributed by atoms with Crippen molar-refractivity contribution in [1.29, 1.82) is 0 Å². The Kier molecular flexibility index (Phi) is 6.74. The second-order valence-electron chi connectivity index (χ2n) is 7.89. The molecule has 1 aliphatic rings. The number of aryl methyl sites for hydroxylation is 1. The van der Waals surface area contributed by atoms with Gasteiger partial charge in [-0.05, 0) is 55.5 Å². The summed E-state index contributed by atoms with van der Waals surface area (Å²) in [6, 6.07) is 14.2. The van der Waals surface area contributed by atoms with E-state index in [1.165, 1.54) is 7.11 Å². The third-order valence-electron chi connectivity index (χ3n) is 5.82. The van der Waals surface area contributed by atoms with Crippen molar-refractivity contribution in [2.24, 2.45) is 0 Å². The number of hydrogen-bond donors (Lipinski definition) is 0. The van der Waals surface area contributed by atoms with Crippen LogP contribution in [0.3, 0.4) is 0 Å². The van der Waals surface area contributed by atoms with Gasteiger partial charge in [-0.25, -0.2) is 9.78 Å². The van der Waals surface area contributed by atoms with E-state index in [0.29, 0.717) is 36.7 Å². The maximum absolute atomic E-state index is 12.8. The molecule has 172 valence electrons. The minimum absolute atomic E-state index is 0.0348. The van der Waals surface area contributed by atoms with Gasteiger partial charge in [-0.2, -0.15) is 0 Å². The minimum Gasteiger partial charge on any atom is -0.497 e. The number of esters is 1. The molecule has 0 unspecified atom stereocenters. The number of rotatable bonds is 6. The van der Waals surface area contributed by atoms with Gasteiger partial charge in [0.1, 0.15) is 11.5 Å². The van der Waals surface area contributed by atoms with E-state index in [-0.39, 0.29) is 11.9 Å². The Hall–Kier alpha value is -3.65. The molecular weight excluding hydrogens is 422 g/mol. The quantitative estimate of drug-likeness (QED) is 0.533. The normalized spacial score (nSPS) is 14.2. The van der Waals surface area contributed by atoms with Crippen molar-refractivity contribution in [1.82, 2.24) is 14.8 Å². The fourth-order valence-electron chi connectivity index (χ4n) is 3.80. The SMILES string of the molecule is COC(=O)c1ccc(-c2nc(CN3CCN(C(=O)c4ccc(OC)cc4)CC3)c(C)o2)cc1. The van der Waals surface area contributed by atoms with Gasteiger partial charge in [0, 0.05) is 43.9 Å². The molecular formula is C25H27N3O5. The highest BCUT2D eigenvalue weighted by atomic mass is 16.5. The molecule has 1 saturated heterocycles. The average Bonchev–Trinajstić information content (AvgIpc) is 3.23. The van der Waals surface area contributed by atoms with E-state index in [9.17, 15) is 9.59 Å². The van der Waals surface area contributed by atoms with Crippen molar-refractivity contribution in [2.45, 2.75) is 13.5 Å². The Morgan fingerprint density at radius 3 is 2.18 bits per heavy atom. The van der Waals surface area contributed by atoms with Crippen molar-refractivity contribution in [3.05, 3.63) is 71.1 Å². The van der Waals surface area contributed by atoms with Crippen molar-refractivity contribution >= 4 is 11.9 Å². The lowest BCUT2D eigenvalue weighted by molar-refractivity contribution is 0.0598. The standard InChI is InChI=1S/C25H27N3O5/c1-17-22(26-23(33-17)18-4-6-20(7-5-18)25(30)32-3)16-27-12-14-28(15-13-27)24(29)19-8-10-21(31-2)11-9-19/h4-11H,12-16H2,1-3H3. The molecule has 0 bridgehead atoms. The van der Waals surface area contributed by atoms with Gasteiger partial charge in [0.2, 0.25) is 5.89 Å². The second kappa shape index (κ2) is 9.87. The average molecular weight is 450 g/mol. The largest absolute Gasteiger partial charge is 0.497 e. The van der Waals surface area contributed by atoms with Crippen LogP contribution in [0.5, 0.6) is 5.75 Å². The zero-order valence-electron chi connectivity index (χ0n) is 19.0. The van der Waals surface area contributed by atoms with Gasteiger partial charge in [-0.15, -0.1) is 0 Å². The fourth-order valence-corrected chi connectivity index (χ4v) is 3.80. The van der Waals surface area contributed by atoms with E-state index in [4.69, 9.17) is 13.9 Å². The molecule has 0 atom stereocenters. The summed E-state index contributed by atoms with van der Waals surface area (Å²) < 4.78 is 15.8. The number of piperazine rings is 1. The van der Waals surface area contributed by atoms with Gasteiger partial charge in [0.15, 0.2) is 0 Å². The first kappa shape index (κ1) is 22.5. The minimum atomic E-state index is -0.379. The summed E-state index contributed by atoms with van der Waals surface area (Å²) in [5.41, 5.74) is 2.81. The zero-order valence-corrected chi connectivity index (χ0v) is 19.0. The van der Waals surface area contributed by atoms with Crippen molar-refractivity contribution < 1.29 is 23.5 Å². The first-order valence-corrected chi connectivity index (χ1v) is 10.8. The number of nitrogens with zero attached hydrogens (tertiary/aromatic N) is 3. The van der Waals surface area contributed by atoms with Crippen LogP contribution in [0.2, 0.25) is 0 Å². The summed E-state index contributed by atoms with van der Waals surface area (Å²) in [7, 11) is 2.96. The third-order valence-corrected chi connectivity index (χ3v) is 5.82. The first-order valence-electron chi connectivity index (χ1n) is 10.8. The van der Waals surface area contributed by atoms with E-state index in [2.05, 4.69) is 9.88 Å². The molecule has 8 nitrogen and oxygen atoms in total. The Balaban J connectivity index is 1.35. The summed E-state index contributed by atoms with van der Waals surface area (Å²) in [4.78, 5) is 33.2. The maximum atomic E-state index is 12.8. The lowest BCUT2D eigenvalue weighted by Crippen LogP contribution is -2.48. The molecule has 0 radical (unpaired) electrons. The summed E-state index contributed by atoms with van der Waals surface area (Å²) in [5, 5.41) is 0. The molecule has 3 aromatic rings. The van der Waals surface area contributed by atoms with E-state index in [1.807, 2.05) is 11.8 Å². The van der Waals surface area contributed by atoms with Crippen LogP contribution in [0, 0.1) is 6.92 Å². The van der Waals surface area contributed by atoms with Gasteiger partial charge >= 0.3 is 5.97 Å². The summed E-state index contributed by atoms with van der Waals surface area (Å²) >= 11 is 0. The lowest BCUT2D eigenvalue weighted by atomic mass is 10.1. The molecule has 4 rings (SSSR count). The molecule has 33 heavy (non-hydrogen) atoms. The molecule has 0 saturated carbocycles. The summed E-state index contributed by atoms with van der Waals surface area (Å²) in [5.74, 6) is 1.67. The fraction of sp³-hybridized carbons (Fsp3) is 0.320. The molecule has 8 heteroatoms. The Bertz CT molecular complexity index is 1110. The van der Waals surface area contributed by atoms with Gasteiger partial charge in [-0.1, -0.05) is 0 Å². The van der Waals surface area contributed by atoms with Gasteiger partial charge in [0.05, 0.1) is 25.5 Å². The van der Waals surface area contributed by atoms with Gasteiger partial charge in [-0.3, -0.25) is 9.69 Å². The second-order valence-corrected chi connectivity index (χ2v) is 7.89. The molecule has 1 fully saturated rings. The number of benzene rings is 2. The summed E-state index contributed by atoms with van der Waals surface area (Å²) in [6.07, 6.45) is 0. The monoisotopic (exact) mass is 449 g/mol. The van der Waals surface area contributed by atoms with E-state index in [1.54, 1.807) is 55.6 Å². The number of hydrogen-bond acceptors (Lipinski definition) is 7. The molecule has 0 N–H and O–H groups in total. The zero-order chi connectivity index (χ0) is 23.4. The topological polar surface area (TPSA) is 85.1 Å². The molecule has 2 aromatic carbocycles. The number of ether oxygens (including phenoxy) is 2. The van der Waals surface area contributed by atoms with E-state index < -0.39 is 0 Å². The van der Waals surface area contributed by atoms with Crippen LogP contribution in [-0.4, -0.2) is 67.1 Å². The van der Waals surface area contributed by atoms with Crippen LogP contribution in [0.25, 0.3) is 11.5 Å². The molecule has 2 heterocycles. The number of carbonyl (C=O) groups is 2. The lowest BCUT2D eigenvalue weighted by Gasteiger charge is -2.34. The van der Waals surface area contributed by atoms with Crippen LogP contribution in [0.4, 0.5) is 0 Å². The predicted octanol–water partition coefficient (Wildman–Crippen LogP) is 3.40. The number of aromatic nitrogens is 1. The Labute approximate surface area is 192 Å². The smallest absolute Gasteiger partial charge is 0.337 e. The number of methoxy groups -OCH3 is 2. The van der Waals surface area contributed by atoms with Crippen LogP contribution in [0.15, 0.2) is 52.9 Å². The predicted molar refractivity (Wildman–Crippen MR) is 122 cm³/mol. The van der Waals surface area contributed by atoms with E-state index >= 15 is 0 Å². The van der Waals surface area contributed by atoms with Gasteiger partial charge < -0.3 is 18.8 Å². The highest BCUT2D eigenvalue weighted by Crippen LogP contribution is 2.24. The summed E-state index contributed by atoms with van der Waals surface area (Å²) in [6.45, 7) is 5.39. The highest BCUT2D eigenvalue weighted by Gasteiger charge is 2.24. The van der Waals surface area contributed by atoms with Crippen molar-refractivity contribution in [3.8, 4) is 17.2 Å². The Morgan fingerprint density at radius 2 is 1.58 bits per heavy atom. The van der Waals surface area contributed by atoms with E-state index in [0.717, 1.165) is 35.9 Å². The van der Waals surface area contributed by atoms with Crippen LogP contribution in [0.1, 0.15) is 32.2 Å². The van der Waals surface area contributed by atoms with Crippen LogP contribution in [-0.2, 0) is 11.3 Å². The van der Waals surface area contributed by atoms with Crippen molar-refractivity contribution in [3.63, 3.8) is 0 Å². The molecule has 1 aromatic heterocycles. The molecule has 0 aliphatic carbocycles. The first-order chi connectivity index (χ1) is 16.0. The highest BCUT2D eigenvalue weighted by molar-refractivity contribution is 5.94. The van der Waals surface area contributed by atoms with Gasteiger partial charge in [0.25, 0.3) is 5.91 Å².